The highest BCUT2D eigenvalue weighted by atomic mass is 19.1. The summed E-state index contributed by atoms with van der Waals surface area (Å²) in [6.45, 7) is 2.63. The van der Waals surface area contributed by atoms with Crippen molar-refractivity contribution in [3.05, 3.63) is 111 Å². The van der Waals surface area contributed by atoms with Crippen LogP contribution in [-0.4, -0.2) is 34.1 Å². The van der Waals surface area contributed by atoms with Gasteiger partial charge in [-0.15, -0.1) is 0 Å². The molecule has 1 aliphatic heterocycles. The fraction of sp³-hybridized carbons (Fsp3) is 0.207. The van der Waals surface area contributed by atoms with Gasteiger partial charge < -0.3 is 20.3 Å². The number of para-hydroxylation sites is 1. The molecule has 38 heavy (non-hydrogen) atoms. The molecule has 5 rings (SSSR count). The molecular weight excluding hydrogens is 485 g/mol. The molecule has 0 saturated carbocycles. The van der Waals surface area contributed by atoms with Crippen LogP contribution in [0.25, 0.3) is 5.69 Å². The van der Waals surface area contributed by atoms with Crippen molar-refractivity contribution < 1.29 is 13.9 Å². The number of anilines is 2. The molecule has 1 aliphatic rings. The lowest BCUT2D eigenvalue weighted by Gasteiger charge is -2.29. The highest BCUT2D eigenvalue weighted by molar-refractivity contribution is 5.89. The van der Waals surface area contributed by atoms with E-state index in [0.29, 0.717) is 53.7 Å². The largest absolute Gasteiger partial charge is 0.497 e. The Morgan fingerprint density at radius 3 is 2.55 bits per heavy atom. The Bertz CT molecular complexity index is 1520. The van der Waals surface area contributed by atoms with Crippen LogP contribution in [0.5, 0.6) is 5.75 Å². The highest BCUT2D eigenvalue weighted by Gasteiger charge is 2.27. The minimum absolute atomic E-state index is 0.124. The fourth-order valence-corrected chi connectivity index (χ4v) is 4.43. The smallest absolute Gasteiger partial charge is 0.322 e. The molecule has 0 aliphatic carbocycles. The number of hydrogen-bond donors (Lipinski definition) is 2. The Morgan fingerprint density at radius 2 is 1.84 bits per heavy atom. The zero-order valence-corrected chi connectivity index (χ0v) is 21.2. The Kier molecular flexibility index (Phi) is 7.08. The number of amides is 2. The number of aryl methyl sites for hydroxylation is 1. The second-order valence-corrected chi connectivity index (χ2v) is 9.10. The molecule has 8 nitrogen and oxygen atoms in total. The van der Waals surface area contributed by atoms with Crippen molar-refractivity contribution in [2.24, 2.45) is 0 Å². The number of methoxy groups -OCH3 is 1. The number of carbonyl (C=O) groups is 1. The van der Waals surface area contributed by atoms with Crippen LogP contribution in [0.2, 0.25) is 0 Å². The van der Waals surface area contributed by atoms with Crippen molar-refractivity contribution >= 4 is 17.7 Å². The number of ether oxygens (including phenoxy) is 1. The van der Waals surface area contributed by atoms with Gasteiger partial charge in [0.15, 0.2) is 0 Å². The zero-order valence-electron chi connectivity index (χ0n) is 21.2. The van der Waals surface area contributed by atoms with Gasteiger partial charge in [0, 0.05) is 25.2 Å². The van der Waals surface area contributed by atoms with Crippen molar-refractivity contribution in [2.45, 2.75) is 26.4 Å². The third-order valence-corrected chi connectivity index (χ3v) is 6.55. The quantitative estimate of drug-likeness (QED) is 0.383. The van der Waals surface area contributed by atoms with Gasteiger partial charge in [-0.2, -0.15) is 0 Å². The van der Waals surface area contributed by atoms with Crippen molar-refractivity contribution in [1.29, 1.82) is 0 Å². The molecule has 0 spiro atoms. The summed E-state index contributed by atoms with van der Waals surface area (Å²) < 4.78 is 20.4. The maximum Gasteiger partial charge on any atom is 0.322 e. The van der Waals surface area contributed by atoms with Gasteiger partial charge in [0.05, 0.1) is 30.6 Å². The lowest BCUT2D eigenvalue weighted by molar-refractivity contribution is 0.205. The first kappa shape index (κ1) is 25.0. The predicted molar refractivity (Wildman–Crippen MR) is 144 cm³/mol. The number of halogens is 1. The molecule has 0 fully saturated rings. The topological polar surface area (TPSA) is 88.5 Å². The number of hydrogen-bond acceptors (Lipinski definition) is 5. The van der Waals surface area contributed by atoms with Crippen LogP contribution in [0.1, 0.15) is 22.4 Å². The number of rotatable bonds is 6. The summed E-state index contributed by atoms with van der Waals surface area (Å²) in [5.41, 5.74) is 3.54. The normalized spacial score (nSPS) is 12.6. The Morgan fingerprint density at radius 1 is 1.08 bits per heavy atom. The summed E-state index contributed by atoms with van der Waals surface area (Å²) in [5, 5.41) is 6.12. The maximum absolute atomic E-state index is 13.8. The van der Waals surface area contributed by atoms with Gasteiger partial charge in [-0.1, -0.05) is 30.3 Å². The Labute approximate surface area is 219 Å². The van der Waals surface area contributed by atoms with E-state index in [0.717, 1.165) is 11.3 Å². The molecule has 0 atom stereocenters. The van der Waals surface area contributed by atoms with Gasteiger partial charge in [-0.3, -0.25) is 4.79 Å². The molecule has 4 aromatic rings. The summed E-state index contributed by atoms with van der Waals surface area (Å²) in [5.74, 6) is 0.874. The summed E-state index contributed by atoms with van der Waals surface area (Å²) in [4.78, 5) is 33.2. The first-order valence-corrected chi connectivity index (χ1v) is 12.3. The third-order valence-electron chi connectivity index (χ3n) is 6.55. The first-order valence-electron chi connectivity index (χ1n) is 12.3. The van der Waals surface area contributed by atoms with Crippen LogP contribution in [0.15, 0.2) is 77.6 Å². The number of fused-ring (bicyclic) bond motifs is 1. The van der Waals surface area contributed by atoms with Gasteiger partial charge in [0.2, 0.25) is 5.95 Å². The van der Waals surface area contributed by atoms with E-state index in [1.165, 1.54) is 12.1 Å². The van der Waals surface area contributed by atoms with E-state index in [4.69, 9.17) is 9.72 Å². The van der Waals surface area contributed by atoms with Crippen LogP contribution in [0.3, 0.4) is 0 Å². The molecule has 9 heteroatoms. The molecule has 0 radical (unpaired) electrons. The molecule has 1 aromatic heterocycles. The molecule has 194 valence electrons. The molecular formula is C29H28FN5O3. The SMILES string of the molecule is COc1ccc(CNc2nc3c(c(=O)n2-c2ccccc2)CN(C(=O)Nc2ccc(F)c(C)c2)CC3)cc1. The van der Waals surface area contributed by atoms with E-state index in [-0.39, 0.29) is 24.0 Å². The number of urea groups is 1. The number of nitrogens with one attached hydrogen (secondary N) is 2. The summed E-state index contributed by atoms with van der Waals surface area (Å²) in [6, 6.07) is 21.0. The van der Waals surface area contributed by atoms with E-state index in [2.05, 4.69) is 10.6 Å². The maximum atomic E-state index is 13.8. The molecule has 0 saturated heterocycles. The molecule has 2 amide bonds. The Balaban J connectivity index is 1.42. The van der Waals surface area contributed by atoms with E-state index < -0.39 is 0 Å². The van der Waals surface area contributed by atoms with Gasteiger partial charge in [0.25, 0.3) is 5.56 Å². The predicted octanol–water partition coefficient (Wildman–Crippen LogP) is 4.89. The summed E-state index contributed by atoms with van der Waals surface area (Å²) in [6.07, 6.45) is 0.438. The van der Waals surface area contributed by atoms with E-state index >= 15 is 0 Å². The number of benzene rings is 3. The molecule has 3 aromatic carbocycles. The average molecular weight is 514 g/mol. The van der Waals surface area contributed by atoms with Crippen molar-refractivity contribution in [3.8, 4) is 11.4 Å². The summed E-state index contributed by atoms with van der Waals surface area (Å²) in [7, 11) is 1.62. The highest BCUT2D eigenvalue weighted by Crippen LogP contribution is 2.22. The van der Waals surface area contributed by atoms with Crippen LogP contribution in [0.4, 0.5) is 20.8 Å². The fourth-order valence-electron chi connectivity index (χ4n) is 4.43. The lowest BCUT2D eigenvalue weighted by atomic mass is 10.1. The monoisotopic (exact) mass is 513 g/mol. The molecule has 0 bridgehead atoms. The van der Waals surface area contributed by atoms with E-state index in [9.17, 15) is 14.0 Å². The van der Waals surface area contributed by atoms with Gasteiger partial charge in [-0.05, 0) is 60.5 Å². The number of aromatic nitrogens is 2. The number of carbonyl (C=O) groups excluding carboxylic acids is 1. The third kappa shape index (κ3) is 5.22. The van der Waals surface area contributed by atoms with Crippen LogP contribution >= 0.6 is 0 Å². The second-order valence-electron chi connectivity index (χ2n) is 9.10. The number of nitrogens with zero attached hydrogens (tertiary/aromatic N) is 3. The average Bonchev–Trinajstić information content (AvgIpc) is 2.94. The van der Waals surface area contributed by atoms with Crippen LogP contribution in [-0.2, 0) is 19.5 Å². The lowest BCUT2D eigenvalue weighted by Crippen LogP contribution is -2.43. The molecule has 0 unspecified atom stereocenters. The minimum Gasteiger partial charge on any atom is -0.497 e. The molecule has 2 N–H and O–H groups in total. The van der Waals surface area contributed by atoms with Crippen molar-refractivity contribution in [3.63, 3.8) is 0 Å². The standard InChI is InChI=1S/C29H28FN5O3/c1-19-16-21(10-13-25(19)30)32-29(37)34-15-14-26-24(18-34)27(36)35(22-6-4-3-5-7-22)28(33-26)31-17-20-8-11-23(38-2)12-9-20/h3-13,16H,14-15,17-18H2,1-2H3,(H,31,33)(H,32,37). The second kappa shape index (κ2) is 10.8. The van der Waals surface area contributed by atoms with Gasteiger partial charge in [0.1, 0.15) is 11.6 Å². The van der Waals surface area contributed by atoms with Crippen molar-refractivity contribution in [1.82, 2.24) is 14.5 Å². The van der Waals surface area contributed by atoms with Crippen LogP contribution in [0, 0.1) is 12.7 Å². The molecule has 2 heterocycles. The van der Waals surface area contributed by atoms with Crippen molar-refractivity contribution in [2.75, 3.05) is 24.3 Å². The summed E-state index contributed by atoms with van der Waals surface area (Å²) >= 11 is 0. The zero-order chi connectivity index (χ0) is 26.6. The first-order chi connectivity index (χ1) is 18.4. The van der Waals surface area contributed by atoms with E-state index in [1.54, 1.807) is 29.6 Å². The van der Waals surface area contributed by atoms with Crippen LogP contribution < -0.4 is 20.9 Å². The van der Waals surface area contributed by atoms with Gasteiger partial charge in [-0.25, -0.2) is 18.7 Å². The Hall–Kier alpha value is -4.66. The van der Waals surface area contributed by atoms with Gasteiger partial charge >= 0.3 is 6.03 Å². The van der Waals surface area contributed by atoms with E-state index in [1.807, 2.05) is 54.6 Å². The minimum atomic E-state index is -0.353.